The predicted molar refractivity (Wildman–Crippen MR) is 162 cm³/mol. The molecule has 3 N–H and O–H groups in total. The average Bonchev–Trinajstić information content (AvgIpc) is 3.45. The number of ether oxygens (including phenoxy) is 3. The third kappa shape index (κ3) is 8.08. The van der Waals surface area contributed by atoms with Gasteiger partial charge in [0.15, 0.2) is 10.6 Å². The van der Waals surface area contributed by atoms with Crippen LogP contribution >= 0.6 is 23.1 Å². The number of thiazole rings is 1. The molecule has 1 aliphatic rings. The van der Waals surface area contributed by atoms with Gasteiger partial charge in [0.2, 0.25) is 0 Å². The van der Waals surface area contributed by atoms with Crippen LogP contribution in [0.15, 0.2) is 77.1 Å². The van der Waals surface area contributed by atoms with E-state index in [1.807, 2.05) is 66.7 Å². The molecule has 0 spiro atoms. The van der Waals surface area contributed by atoms with Crippen LogP contribution in [0.5, 0.6) is 0 Å². The molecule has 1 aromatic heterocycles. The van der Waals surface area contributed by atoms with Crippen LogP contribution in [-0.4, -0.2) is 47.1 Å². The molecule has 42 heavy (non-hydrogen) atoms. The zero-order valence-electron chi connectivity index (χ0n) is 23.2. The molecule has 2 heterocycles. The maximum Gasteiger partial charge on any atom is 0.325 e. The number of para-hydroxylation sites is 1. The number of aromatic nitrogens is 1. The number of esters is 1. The van der Waals surface area contributed by atoms with E-state index in [-0.39, 0.29) is 32.0 Å². The highest BCUT2D eigenvalue weighted by Crippen LogP contribution is 2.40. The Balaban J connectivity index is 1.23. The number of carbonyl (C=O) groups is 2. The lowest BCUT2D eigenvalue weighted by atomic mass is 10.0. The number of amides is 2. The van der Waals surface area contributed by atoms with Crippen molar-refractivity contribution >= 4 is 45.3 Å². The molecule has 220 valence electrons. The van der Waals surface area contributed by atoms with E-state index >= 15 is 0 Å². The van der Waals surface area contributed by atoms with Crippen LogP contribution in [0.25, 0.3) is 10.2 Å². The Bertz CT molecular complexity index is 1450. The Morgan fingerprint density at radius 1 is 1.00 bits per heavy atom. The summed E-state index contributed by atoms with van der Waals surface area (Å²) in [5.41, 5.74) is 4.65. The number of nitrogens with zero attached hydrogens (tertiary/aromatic N) is 1. The zero-order chi connectivity index (χ0) is 29.3. The maximum atomic E-state index is 12.0. The number of fused-ring (bicyclic) bond motifs is 1. The van der Waals surface area contributed by atoms with E-state index in [0.29, 0.717) is 13.0 Å². The molecule has 9 nitrogen and oxygen atoms in total. The summed E-state index contributed by atoms with van der Waals surface area (Å²) in [6.45, 7) is 2.08. The second-order valence-electron chi connectivity index (χ2n) is 9.69. The molecule has 0 bridgehead atoms. The molecular weight excluding hydrogens is 574 g/mol. The van der Waals surface area contributed by atoms with E-state index in [9.17, 15) is 14.7 Å². The zero-order valence-corrected chi connectivity index (χ0v) is 24.8. The number of urea groups is 1. The van der Waals surface area contributed by atoms with Crippen LogP contribution in [-0.2, 0) is 32.2 Å². The highest BCUT2D eigenvalue weighted by molar-refractivity contribution is 8.01. The second kappa shape index (κ2) is 14.6. The molecule has 0 aliphatic carbocycles. The lowest BCUT2D eigenvalue weighted by Gasteiger charge is -2.36. The van der Waals surface area contributed by atoms with Gasteiger partial charge in [-0.2, -0.15) is 0 Å². The van der Waals surface area contributed by atoms with Gasteiger partial charge in [0, 0.05) is 24.3 Å². The Labute approximate surface area is 252 Å². The molecule has 3 aromatic carbocycles. The lowest BCUT2D eigenvalue weighted by molar-refractivity contribution is -0.245. The van der Waals surface area contributed by atoms with Gasteiger partial charge < -0.3 is 30.0 Å². The van der Waals surface area contributed by atoms with Crippen LogP contribution in [0.3, 0.4) is 0 Å². The van der Waals surface area contributed by atoms with E-state index in [0.717, 1.165) is 37.9 Å². The van der Waals surface area contributed by atoms with Crippen LogP contribution in [0.1, 0.15) is 48.0 Å². The van der Waals surface area contributed by atoms with E-state index in [1.54, 1.807) is 30.0 Å². The number of hydrogen-bond acceptors (Lipinski definition) is 9. The van der Waals surface area contributed by atoms with Crippen molar-refractivity contribution in [1.29, 1.82) is 0 Å². The van der Waals surface area contributed by atoms with Crippen LogP contribution in [0.2, 0.25) is 0 Å². The Kier molecular flexibility index (Phi) is 10.4. The third-order valence-electron chi connectivity index (χ3n) is 6.69. The summed E-state index contributed by atoms with van der Waals surface area (Å²) in [6, 6.07) is 23.2. The monoisotopic (exact) mass is 607 g/mol. The fourth-order valence-corrected chi connectivity index (χ4v) is 6.61. The number of hydrogen-bond donors (Lipinski definition) is 3. The minimum Gasteiger partial charge on any atom is -0.465 e. The first-order valence-corrected chi connectivity index (χ1v) is 15.6. The first kappa shape index (κ1) is 30.0. The van der Waals surface area contributed by atoms with Crippen molar-refractivity contribution in [2.45, 2.75) is 49.3 Å². The highest BCUT2D eigenvalue weighted by Gasteiger charge is 2.32. The lowest BCUT2D eigenvalue weighted by Crippen LogP contribution is -2.38. The normalized spacial score (nSPS) is 18.5. The van der Waals surface area contributed by atoms with Crippen molar-refractivity contribution in [2.24, 2.45) is 0 Å². The molecule has 11 heteroatoms. The van der Waals surface area contributed by atoms with Gasteiger partial charge in [0.25, 0.3) is 0 Å². The number of carbonyl (C=O) groups excluding carboxylic acids is 2. The average molecular weight is 608 g/mol. The number of thioether (sulfide) groups is 1. The summed E-state index contributed by atoms with van der Waals surface area (Å²) >= 11 is 3.37. The number of rotatable bonds is 11. The van der Waals surface area contributed by atoms with Crippen molar-refractivity contribution < 1.29 is 28.9 Å². The second-order valence-corrected chi connectivity index (χ2v) is 12.0. The van der Waals surface area contributed by atoms with E-state index in [1.165, 1.54) is 4.70 Å². The standard InChI is InChI=1S/C31H33N3O6S2/c1-2-38-28(36)17-33-30(37)32-16-20-7-13-23(14-8-20)29-39-24(15-26(40-29)22-11-9-21(18-35)10-12-22)19-41-31-34-25-5-3-4-6-27(25)42-31/h3-14,24,26,29,35H,2,15-19H2,1H3,(H2,32,33,37)/t24-,26+,29+/m1/s1. The molecular formula is C31H33N3O6S2. The van der Waals surface area contributed by atoms with Gasteiger partial charge >= 0.3 is 12.0 Å². The summed E-state index contributed by atoms with van der Waals surface area (Å²) in [6.07, 6.45) is -0.137. The van der Waals surface area contributed by atoms with E-state index in [4.69, 9.17) is 19.2 Å². The molecule has 5 rings (SSSR count). The molecule has 0 unspecified atom stereocenters. The minimum atomic E-state index is -0.572. The van der Waals surface area contributed by atoms with E-state index in [2.05, 4.69) is 16.7 Å². The number of benzene rings is 3. The maximum absolute atomic E-state index is 12.0. The topological polar surface area (TPSA) is 119 Å². The summed E-state index contributed by atoms with van der Waals surface area (Å²) in [5, 5.41) is 14.7. The summed E-state index contributed by atoms with van der Waals surface area (Å²) in [4.78, 5) is 28.2. The van der Waals surface area contributed by atoms with Crippen molar-refractivity contribution in [2.75, 3.05) is 18.9 Å². The van der Waals surface area contributed by atoms with Gasteiger partial charge in [-0.15, -0.1) is 11.3 Å². The van der Waals surface area contributed by atoms with Gasteiger partial charge in [-0.25, -0.2) is 9.78 Å². The third-order valence-corrected chi connectivity index (χ3v) is 9.00. The SMILES string of the molecule is CCOC(=O)CNC(=O)NCc1ccc([C@H]2O[C@@H](CSc3nc4ccccc4s3)C[C@@H](c3ccc(CO)cc3)O2)cc1. The molecule has 2 amide bonds. The number of nitrogens with one attached hydrogen (secondary N) is 2. The smallest absolute Gasteiger partial charge is 0.325 e. The Morgan fingerprint density at radius 3 is 2.48 bits per heavy atom. The molecule has 1 aliphatic heterocycles. The summed E-state index contributed by atoms with van der Waals surface area (Å²) < 4.78 is 19.9. The quantitative estimate of drug-likeness (QED) is 0.151. The van der Waals surface area contributed by atoms with Gasteiger partial charge in [0.1, 0.15) is 6.54 Å². The molecule has 0 radical (unpaired) electrons. The minimum absolute atomic E-state index is 0.00671. The van der Waals surface area contributed by atoms with Crippen molar-refractivity contribution in [3.63, 3.8) is 0 Å². The molecule has 0 saturated carbocycles. The van der Waals surface area contributed by atoms with Gasteiger partial charge in [-0.1, -0.05) is 72.4 Å². The molecule has 3 atom stereocenters. The van der Waals surface area contributed by atoms with Crippen molar-refractivity contribution in [3.8, 4) is 0 Å². The fraction of sp³-hybridized carbons (Fsp3) is 0.323. The number of aliphatic hydroxyl groups excluding tert-OH is 1. The van der Waals surface area contributed by atoms with Crippen LogP contribution in [0.4, 0.5) is 4.79 Å². The molecule has 4 aromatic rings. The Hall–Kier alpha value is -3.48. The molecule has 1 saturated heterocycles. The van der Waals surface area contributed by atoms with Gasteiger partial charge in [0.05, 0.1) is 35.6 Å². The summed E-state index contributed by atoms with van der Waals surface area (Å²) in [7, 11) is 0. The van der Waals surface area contributed by atoms with Crippen LogP contribution in [0, 0.1) is 0 Å². The molecule has 1 fully saturated rings. The van der Waals surface area contributed by atoms with E-state index < -0.39 is 18.3 Å². The predicted octanol–water partition coefficient (Wildman–Crippen LogP) is 5.49. The van der Waals surface area contributed by atoms with Gasteiger partial charge in [-0.3, -0.25) is 4.79 Å². The Morgan fingerprint density at radius 2 is 1.74 bits per heavy atom. The largest absolute Gasteiger partial charge is 0.465 e. The highest BCUT2D eigenvalue weighted by atomic mass is 32.2. The first-order valence-electron chi connectivity index (χ1n) is 13.8. The van der Waals surface area contributed by atoms with Crippen molar-refractivity contribution in [3.05, 3.63) is 95.1 Å². The number of aliphatic hydroxyl groups is 1. The van der Waals surface area contributed by atoms with Crippen LogP contribution < -0.4 is 10.6 Å². The fourth-order valence-electron chi connectivity index (χ4n) is 4.50. The van der Waals surface area contributed by atoms with Crippen molar-refractivity contribution in [1.82, 2.24) is 15.6 Å². The van der Waals surface area contributed by atoms with Gasteiger partial charge in [-0.05, 0) is 35.7 Å². The summed E-state index contributed by atoms with van der Waals surface area (Å²) in [5.74, 6) is 0.247. The first-order chi connectivity index (χ1) is 20.5.